The van der Waals surface area contributed by atoms with E-state index in [1.54, 1.807) is 6.07 Å². The van der Waals surface area contributed by atoms with Crippen molar-refractivity contribution in [1.82, 2.24) is 0 Å². The van der Waals surface area contributed by atoms with Gasteiger partial charge in [0.2, 0.25) is 0 Å². The SMILES string of the molecule is O=C(CCl)c1cc(O)cc(Br)c1. The van der Waals surface area contributed by atoms with Crippen molar-refractivity contribution in [2.75, 3.05) is 5.88 Å². The first-order chi connectivity index (χ1) is 5.63. The topological polar surface area (TPSA) is 37.3 Å². The maximum Gasteiger partial charge on any atom is 0.177 e. The fraction of sp³-hybridized carbons (Fsp3) is 0.125. The van der Waals surface area contributed by atoms with Crippen LogP contribution in [0.1, 0.15) is 10.4 Å². The van der Waals surface area contributed by atoms with E-state index in [-0.39, 0.29) is 17.4 Å². The molecule has 0 atom stereocenters. The van der Waals surface area contributed by atoms with Crippen LogP contribution in [0.4, 0.5) is 0 Å². The number of rotatable bonds is 2. The largest absolute Gasteiger partial charge is 0.508 e. The van der Waals surface area contributed by atoms with Gasteiger partial charge in [-0.15, -0.1) is 11.6 Å². The van der Waals surface area contributed by atoms with Crippen LogP contribution in [0.15, 0.2) is 22.7 Å². The van der Waals surface area contributed by atoms with Gasteiger partial charge in [-0.1, -0.05) is 15.9 Å². The highest BCUT2D eigenvalue weighted by Crippen LogP contribution is 2.20. The van der Waals surface area contributed by atoms with E-state index in [1.807, 2.05) is 0 Å². The Balaban J connectivity index is 3.08. The predicted octanol–water partition coefficient (Wildman–Crippen LogP) is 2.58. The molecule has 0 spiro atoms. The molecule has 1 rings (SSSR count). The minimum atomic E-state index is -0.201. The minimum Gasteiger partial charge on any atom is -0.508 e. The molecule has 0 aliphatic rings. The number of carbonyl (C=O) groups is 1. The van der Waals surface area contributed by atoms with Crippen LogP contribution < -0.4 is 0 Å². The summed E-state index contributed by atoms with van der Waals surface area (Å²) >= 11 is 8.50. The number of Topliss-reactive ketones (excluding diaryl/α,β-unsaturated/α-hetero) is 1. The number of alkyl halides is 1. The van der Waals surface area contributed by atoms with Gasteiger partial charge in [0, 0.05) is 10.0 Å². The third-order valence-electron chi connectivity index (χ3n) is 1.33. The van der Waals surface area contributed by atoms with Crippen LogP contribution in [0.3, 0.4) is 0 Å². The Bertz CT molecular complexity index is 292. The molecule has 0 fully saturated rings. The van der Waals surface area contributed by atoms with Crippen LogP contribution in [0.2, 0.25) is 0 Å². The summed E-state index contributed by atoms with van der Waals surface area (Å²) in [4.78, 5) is 11.1. The second kappa shape index (κ2) is 3.92. The summed E-state index contributed by atoms with van der Waals surface area (Å²) in [5.74, 6) is -0.221. The quantitative estimate of drug-likeness (QED) is 0.646. The predicted molar refractivity (Wildman–Crippen MR) is 50.9 cm³/mol. The van der Waals surface area contributed by atoms with E-state index < -0.39 is 0 Å². The Hall–Kier alpha value is -0.540. The second-order valence-corrected chi connectivity index (χ2v) is 3.44. The van der Waals surface area contributed by atoms with Crippen LogP contribution in [-0.4, -0.2) is 16.8 Å². The molecule has 0 radical (unpaired) electrons. The summed E-state index contributed by atoms with van der Waals surface area (Å²) in [6, 6.07) is 4.50. The molecule has 0 saturated carbocycles. The van der Waals surface area contributed by atoms with Gasteiger partial charge in [0.15, 0.2) is 5.78 Å². The highest BCUT2D eigenvalue weighted by Gasteiger charge is 2.05. The Kier molecular flexibility index (Phi) is 3.12. The van der Waals surface area contributed by atoms with Gasteiger partial charge in [-0.05, 0) is 18.2 Å². The zero-order valence-corrected chi connectivity index (χ0v) is 8.39. The average molecular weight is 249 g/mol. The lowest BCUT2D eigenvalue weighted by Gasteiger charge is -1.99. The van der Waals surface area contributed by atoms with Crippen molar-refractivity contribution in [3.8, 4) is 5.75 Å². The number of aromatic hydroxyl groups is 1. The normalized spacial score (nSPS) is 9.83. The van der Waals surface area contributed by atoms with Crippen LogP contribution in [0.5, 0.6) is 5.75 Å². The summed E-state index contributed by atoms with van der Waals surface area (Å²) in [7, 11) is 0. The van der Waals surface area contributed by atoms with Crippen LogP contribution in [0.25, 0.3) is 0 Å². The Morgan fingerprint density at radius 3 is 2.67 bits per heavy atom. The maximum atomic E-state index is 11.1. The van der Waals surface area contributed by atoms with E-state index in [4.69, 9.17) is 16.7 Å². The number of ketones is 1. The van der Waals surface area contributed by atoms with E-state index in [2.05, 4.69) is 15.9 Å². The molecule has 64 valence electrons. The molecular weight excluding hydrogens is 243 g/mol. The van der Waals surface area contributed by atoms with E-state index in [9.17, 15) is 4.79 Å². The van der Waals surface area contributed by atoms with Gasteiger partial charge in [0.05, 0.1) is 5.88 Å². The second-order valence-electron chi connectivity index (χ2n) is 2.25. The number of halogens is 2. The first-order valence-electron chi connectivity index (χ1n) is 3.22. The molecule has 0 unspecified atom stereocenters. The minimum absolute atomic E-state index is 0.0536. The molecular formula is C8H6BrClO2. The number of phenolic OH excluding ortho intramolecular Hbond substituents is 1. The van der Waals surface area contributed by atoms with Crippen molar-refractivity contribution in [1.29, 1.82) is 0 Å². The van der Waals surface area contributed by atoms with Crippen LogP contribution in [0, 0.1) is 0 Å². The molecule has 1 aromatic rings. The van der Waals surface area contributed by atoms with Crippen molar-refractivity contribution in [2.24, 2.45) is 0 Å². The van der Waals surface area contributed by atoms with Crippen molar-refractivity contribution < 1.29 is 9.90 Å². The van der Waals surface area contributed by atoms with Crippen molar-refractivity contribution in [2.45, 2.75) is 0 Å². The molecule has 0 aliphatic carbocycles. The molecule has 12 heavy (non-hydrogen) atoms. The highest BCUT2D eigenvalue weighted by atomic mass is 79.9. The molecule has 1 aromatic carbocycles. The first-order valence-corrected chi connectivity index (χ1v) is 4.55. The highest BCUT2D eigenvalue weighted by molar-refractivity contribution is 9.10. The smallest absolute Gasteiger partial charge is 0.177 e. The lowest BCUT2D eigenvalue weighted by atomic mass is 10.1. The summed E-state index contributed by atoms with van der Waals surface area (Å²) in [6.07, 6.45) is 0. The summed E-state index contributed by atoms with van der Waals surface area (Å²) in [6.45, 7) is 0. The summed E-state index contributed by atoms with van der Waals surface area (Å²) in [5.41, 5.74) is 0.414. The van der Waals surface area contributed by atoms with Gasteiger partial charge in [-0.2, -0.15) is 0 Å². The molecule has 0 heterocycles. The summed E-state index contributed by atoms with van der Waals surface area (Å²) < 4.78 is 0.663. The lowest BCUT2D eigenvalue weighted by Crippen LogP contribution is -1.99. The molecule has 0 bridgehead atoms. The van der Waals surface area contributed by atoms with Gasteiger partial charge < -0.3 is 5.11 Å². The number of hydrogen-bond acceptors (Lipinski definition) is 2. The third-order valence-corrected chi connectivity index (χ3v) is 2.03. The number of hydrogen-bond donors (Lipinski definition) is 1. The van der Waals surface area contributed by atoms with E-state index in [1.165, 1.54) is 12.1 Å². The van der Waals surface area contributed by atoms with E-state index in [0.717, 1.165) is 0 Å². The standard InChI is InChI=1S/C8H6BrClO2/c9-6-1-5(8(12)4-10)2-7(11)3-6/h1-3,11H,4H2. The Morgan fingerprint density at radius 2 is 2.17 bits per heavy atom. The van der Waals surface area contributed by atoms with Crippen molar-refractivity contribution in [3.05, 3.63) is 28.2 Å². The zero-order chi connectivity index (χ0) is 9.14. The number of benzene rings is 1. The fourth-order valence-electron chi connectivity index (χ4n) is 0.812. The maximum absolute atomic E-state index is 11.1. The van der Waals surface area contributed by atoms with Crippen molar-refractivity contribution >= 4 is 33.3 Å². The Labute approximate surface area is 83.3 Å². The van der Waals surface area contributed by atoms with Gasteiger partial charge in [-0.3, -0.25) is 4.79 Å². The number of phenols is 1. The lowest BCUT2D eigenvalue weighted by molar-refractivity contribution is 0.102. The molecule has 0 saturated heterocycles. The molecule has 0 aliphatic heterocycles. The van der Waals surface area contributed by atoms with Gasteiger partial charge >= 0.3 is 0 Å². The van der Waals surface area contributed by atoms with E-state index >= 15 is 0 Å². The number of carbonyl (C=O) groups excluding carboxylic acids is 1. The monoisotopic (exact) mass is 248 g/mol. The van der Waals surface area contributed by atoms with Gasteiger partial charge in [-0.25, -0.2) is 0 Å². The average Bonchev–Trinajstić information content (AvgIpc) is 2.01. The van der Waals surface area contributed by atoms with Crippen LogP contribution >= 0.6 is 27.5 Å². The molecule has 0 amide bonds. The third kappa shape index (κ3) is 2.22. The van der Waals surface area contributed by atoms with Gasteiger partial charge in [0.1, 0.15) is 5.75 Å². The summed E-state index contributed by atoms with van der Waals surface area (Å²) in [5, 5.41) is 9.11. The first kappa shape index (κ1) is 9.55. The molecule has 2 nitrogen and oxygen atoms in total. The Morgan fingerprint density at radius 1 is 1.50 bits per heavy atom. The zero-order valence-electron chi connectivity index (χ0n) is 6.05. The van der Waals surface area contributed by atoms with E-state index in [0.29, 0.717) is 10.0 Å². The molecule has 0 aromatic heterocycles. The van der Waals surface area contributed by atoms with Crippen LogP contribution in [-0.2, 0) is 0 Å². The van der Waals surface area contributed by atoms with Crippen molar-refractivity contribution in [3.63, 3.8) is 0 Å². The van der Waals surface area contributed by atoms with Gasteiger partial charge in [0.25, 0.3) is 0 Å². The molecule has 4 heteroatoms. The molecule has 1 N–H and O–H groups in total. The fourth-order valence-corrected chi connectivity index (χ4v) is 1.45.